The number of nitrogens with one attached hydrogen (secondary N) is 1. The molecule has 4 fully saturated rings. The number of benzene rings is 1. The second-order valence-corrected chi connectivity index (χ2v) is 9.87. The average molecular weight is 394 g/mol. The second-order valence-electron chi connectivity index (χ2n) is 8.22. The van der Waals surface area contributed by atoms with Crippen LogP contribution in [0.2, 0.25) is 0 Å². The summed E-state index contributed by atoms with van der Waals surface area (Å²) in [6.45, 7) is -0.242. The summed E-state index contributed by atoms with van der Waals surface area (Å²) in [5.74, 6) is 0.530. The molecular weight excluding hydrogens is 370 g/mol. The number of ether oxygens (including phenoxy) is 1. The monoisotopic (exact) mass is 393 g/mol. The van der Waals surface area contributed by atoms with Gasteiger partial charge in [0.2, 0.25) is 0 Å². The average Bonchev–Trinajstić information content (AvgIpc) is 2.58. The molecule has 6 heteroatoms. The molecule has 4 bridgehead atoms. The van der Waals surface area contributed by atoms with Crippen LogP contribution in [0.1, 0.15) is 38.5 Å². The van der Waals surface area contributed by atoms with Gasteiger partial charge in [0.15, 0.2) is 6.61 Å². The predicted molar refractivity (Wildman–Crippen MR) is 104 cm³/mol. The van der Waals surface area contributed by atoms with Crippen molar-refractivity contribution in [3.05, 3.63) is 24.3 Å². The minimum absolute atomic E-state index is 0.232. The molecule has 4 saturated carbocycles. The van der Waals surface area contributed by atoms with Gasteiger partial charge in [0, 0.05) is 9.77 Å². The van der Waals surface area contributed by atoms with Crippen LogP contribution in [0.4, 0.5) is 5.69 Å². The van der Waals surface area contributed by atoms with Crippen molar-refractivity contribution >= 4 is 40.9 Å². The van der Waals surface area contributed by atoms with Gasteiger partial charge in [-0.15, -0.1) is 23.4 Å². The number of carbonyl (C=O) groups excluding carboxylic acids is 2. The van der Waals surface area contributed by atoms with E-state index in [1.165, 1.54) is 6.42 Å². The Labute approximate surface area is 163 Å². The SMILES string of the molecule is CSc1ccccc1NC(=O)COC(=O)C12C[C@@H]3C[C@@H](CC(Cl)(C3)C1)C2. The molecular formula is C20H24ClNO3S. The molecule has 0 radical (unpaired) electrons. The van der Waals surface area contributed by atoms with Crippen LogP contribution in [0, 0.1) is 17.3 Å². The van der Waals surface area contributed by atoms with E-state index >= 15 is 0 Å². The van der Waals surface area contributed by atoms with Gasteiger partial charge in [0.05, 0.1) is 11.1 Å². The standard InChI is InChI=1S/C20H24ClNO3S/c1-26-16-5-3-2-4-15(16)22-17(23)11-25-18(24)19-7-13-6-14(8-19)10-20(21,9-13)12-19/h2-5,13-14H,6-12H2,1H3,(H,22,23)/t13-,14+,19?,20?. The Morgan fingerprint density at radius 2 is 1.92 bits per heavy atom. The van der Waals surface area contributed by atoms with Gasteiger partial charge in [0.1, 0.15) is 0 Å². The number of amides is 1. The van der Waals surface area contributed by atoms with Crippen molar-refractivity contribution in [3.63, 3.8) is 0 Å². The van der Waals surface area contributed by atoms with Crippen LogP contribution in [0.3, 0.4) is 0 Å². The van der Waals surface area contributed by atoms with Gasteiger partial charge in [-0.05, 0) is 68.7 Å². The molecule has 4 atom stereocenters. The Morgan fingerprint density at radius 1 is 1.23 bits per heavy atom. The van der Waals surface area contributed by atoms with Gasteiger partial charge in [-0.1, -0.05) is 12.1 Å². The number of alkyl halides is 1. The quantitative estimate of drug-likeness (QED) is 0.455. The largest absolute Gasteiger partial charge is 0.455 e. The van der Waals surface area contributed by atoms with Crippen molar-refractivity contribution in [1.29, 1.82) is 0 Å². The van der Waals surface area contributed by atoms with E-state index in [0.29, 0.717) is 18.3 Å². The Bertz CT molecular complexity index is 724. The zero-order valence-corrected chi connectivity index (χ0v) is 16.5. The molecule has 0 saturated heterocycles. The molecule has 140 valence electrons. The third-order valence-electron chi connectivity index (χ3n) is 6.14. The molecule has 0 heterocycles. The van der Waals surface area contributed by atoms with Crippen LogP contribution < -0.4 is 5.32 Å². The van der Waals surface area contributed by atoms with Crippen LogP contribution in [-0.2, 0) is 14.3 Å². The van der Waals surface area contributed by atoms with E-state index in [9.17, 15) is 9.59 Å². The molecule has 5 rings (SSSR count). The highest BCUT2D eigenvalue weighted by Crippen LogP contribution is 2.64. The van der Waals surface area contributed by atoms with Gasteiger partial charge >= 0.3 is 5.97 Å². The van der Waals surface area contributed by atoms with Gasteiger partial charge in [-0.25, -0.2) is 0 Å². The van der Waals surface area contributed by atoms with E-state index in [4.69, 9.17) is 16.3 Å². The first kappa shape index (κ1) is 18.2. The van der Waals surface area contributed by atoms with Crippen molar-refractivity contribution in [2.45, 2.75) is 48.3 Å². The van der Waals surface area contributed by atoms with Gasteiger partial charge < -0.3 is 10.1 Å². The van der Waals surface area contributed by atoms with Crippen LogP contribution in [0.25, 0.3) is 0 Å². The second kappa shape index (κ2) is 6.75. The number of esters is 1. The Morgan fingerprint density at radius 3 is 2.58 bits per heavy atom. The number of rotatable bonds is 5. The predicted octanol–water partition coefficient (Wildman–Crippen LogP) is 4.47. The normalized spacial score (nSPS) is 34.5. The minimum atomic E-state index is -0.469. The van der Waals surface area contributed by atoms with Crippen molar-refractivity contribution in [2.75, 3.05) is 18.2 Å². The molecule has 4 aliphatic rings. The molecule has 2 unspecified atom stereocenters. The highest BCUT2D eigenvalue weighted by molar-refractivity contribution is 7.98. The summed E-state index contributed by atoms with van der Waals surface area (Å²) < 4.78 is 5.46. The number of hydrogen-bond acceptors (Lipinski definition) is 4. The number of carbonyl (C=O) groups is 2. The summed E-state index contributed by atoms with van der Waals surface area (Å²) in [6, 6.07) is 7.59. The summed E-state index contributed by atoms with van der Waals surface area (Å²) in [5.41, 5.74) is 0.277. The number of halogens is 1. The highest BCUT2D eigenvalue weighted by Gasteiger charge is 2.60. The smallest absolute Gasteiger partial charge is 0.312 e. The lowest BCUT2D eigenvalue weighted by atomic mass is 9.49. The number of thioether (sulfide) groups is 1. The van der Waals surface area contributed by atoms with E-state index in [1.807, 2.05) is 30.5 Å². The van der Waals surface area contributed by atoms with Gasteiger partial charge in [-0.2, -0.15) is 0 Å². The van der Waals surface area contributed by atoms with E-state index in [1.54, 1.807) is 11.8 Å². The number of para-hydroxylation sites is 1. The third kappa shape index (κ3) is 3.36. The lowest BCUT2D eigenvalue weighted by Gasteiger charge is -2.58. The van der Waals surface area contributed by atoms with Crippen molar-refractivity contribution in [2.24, 2.45) is 17.3 Å². The maximum atomic E-state index is 12.9. The summed E-state index contributed by atoms with van der Waals surface area (Å²) in [7, 11) is 0. The molecule has 1 aromatic carbocycles. The van der Waals surface area contributed by atoms with Crippen LogP contribution >= 0.6 is 23.4 Å². The Kier molecular flexibility index (Phi) is 4.72. The summed E-state index contributed by atoms with van der Waals surface area (Å²) in [6.07, 6.45) is 7.62. The molecule has 1 amide bonds. The van der Waals surface area contributed by atoms with Crippen LogP contribution in [0.15, 0.2) is 29.2 Å². The van der Waals surface area contributed by atoms with Gasteiger partial charge in [0.25, 0.3) is 5.91 Å². The molecule has 4 nitrogen and oxygen atoms in total. The highest BCUT2D eigenvalue weighted by atomic mass is 35.5. The summed E-state index contributed by atoms with van der Waals surface area (Å²) in [5, 5.41) is 2.84. The van der Waals surface area contributed by atoms with Crippen molar-refractivity contribution < 1.29 is 14.3 Å². The maximum Gasteiger partial charge on any atom is 0.312 e. The summed E-state index contributed by atoms with van der Waals surface area (Å²) in [4.78, 5) is 25.9. The third-order valence-corrected chi connectivity index (χ3v) is 7.38. The molecule has 1 aromatic rings. The van der Waals surface area contributed by atoms with Crippen LogP contribution in [-0.4, -0.2) is 29.6 Å². The lowest BCUT2D eigenvalue weighted by Crippen LogP contribution is -2.56. The van der Waals surface area contributed by atoms with Gasteiger partial charge in [-0.3, -0.25) is 9.59 Å². The first-order valence-electron chi connectivity index (χ1n) is 9.20. The molecule has 0 spiro atoms. The fourth-order valence-corrected chi connectivity index (χ4v) is 6.85. The molecule has 0 aromatic heterocycles. The van der Waals surface area contributed by atoms with E-state index < -0.39 is 5.41 Å². The maximum absolute atomic E-state index is 12.9. The zero-order chi connectivity index (χ0) is 18.4. The zero-order valence-electron chi connectivity index (χ0n) is 14.9. The van der Waals surface area contributed by atoms with E-state index in [0.717, 1.165) is 36.3 Å². The first-order valence-corrected chi connectivity index (χ1v) is 10.8. The molecule has 1 N–H and O–H groups in total. The minimum Gasteiger partial charge on any atom is -0.455 e. The number of hydrogen-bond donors (Lipinski definition) is 1. The Balaban J connectivity index is 1.37. The molecule has 0 aliphatic heterocycles. The topological polar surface area (TPSA) is 55.4 Å². The van der Waals surface area contributed by atoms with Crippen molar-refractivity contribution in [3.8, 4) is 0 Å². The fraction of sp³-hybridized carbons (Fsp3) is 0.600. The first-order chi connectivity index (χ1) is 12.4. The molecule has 4 aliphatic carbocycles. The van der Waals surface area contributed by atoms with Crippen molar-refractivity contribution in [1.82, 2.24) is 0 Å². The Hall–Kier alpha value is -1.20. The van der Waals surface area contributed by atoms with E-state index in [-0.39, 0.29) is 23.4 Å². The number of anilines is 1. The molecule has 26 heavy (non-hydrogen) atoms. The lowest BCUT2D eigenvalue weighted by molar-refractivity contribution is -0.171. The summed E-state index contributed by atoms with van der Waals surface area (Å²) >= 11 is 8.34. The fourth-order valence-electron chi connectivity index (χ4n) is 5.61. The van der Waals surface area contributed by atoms with Crippen LogP contribution in [0.5, 0.6) is 0 Å². The van der Waals surface area contributed by atoms with E-state index in [2.05, 4.69) is 5.32 Å².